The topological polar surface area (TPSA) is 54.1 Å². The number of carbonyl (C=O) groups excluding carboxylic acids is 1. The summed E-state index contributed by atoms with van der Waals surface area (Å²) in [6, 6.07) is 16.3. The zero-order valence-electron chi connectivity index (χ0n) is 14.5. The number of rotatable bonds is 8. The second-order valence-corrected chi connectivity index (χ2v) is 6.16. The molecule has 3 aromatic rings. The normalized spacial score (nSPS) is 10.8. The van der Waals surface area contributed by atoms with Gasteiger partial charge in [0.25, 0.3) is 0 Å². The molecule has 1 aromatic heterocycles. The molecule has 1 amide bonds. The zero-order valence-corrected chi connectivity index (χ0v) is 14.5. The van der Waals surface area contributed by atoms with Gasteiger partial charge in [-0.2, -0.15) is 0 Å². The number of amides is 1. The fourth-order valence-corrected chi connectivity index (χ4v) is 3.01. The van der Waals surface area contributed by atoms with Gasteiger partial charge in [0.05, 0.1) is 7.11 Å². The number of nitrogens with one attached hydrogen (secondary N) is 2. The Bertz CT molecular complexity index is 824. The van der Waals surface area contributed by atoms with Gasteiger partial charge < -0.3 is 15.0 Å². The zero-order chi connectivity index (χ0) is 17.5. The van der Waals surface area contributed by atoms with Gasteiger partial charge in [-0.15, -0.1) is 0 Å². The van der Waals surface area contributed by atoms with Gasteiger partial charge in [-0.25, -0.2) is 0 Å². The Morgan fingerprint density at radius 1 is 1.12 bits per heavy atom. The van der Waals surface area contributed by atoms with Crippen molar-refractivity contribution in [2.24, 2.45) is 0 Å². The molecule has 0 radical (unpaired) electrons. The second-order valence-electron chi connectivity index (χ2n) is 6.16. The average molecular weight is 336 g/mol. The maximum absolute atomic E-state index is 12.0. The Hall–Kier alpha value is -2.75. The molecule has 25 heavy (non-hydrogen) atoms. The second kappa shape index (κ2) is 8.38. The summed E-state index contributed by atoms with van der Waals surface area (Å²) in [7, 11) is 1.67. The van der Waals surface area contributed by atoms with E-state index >= 15 is 0 Å². The molecular formula is C21H24N2O2. The van der Waals surface area contributed by atoms with Crippen molar-refractivity contribution < 1.29 is 9.53 Å². The quantitative estimate of drug-likeness (QED) is 0.656. The Morgan fingerprint density at radius 3 is 2.76 bits per heavy atom. The number of ether oxygens (including phenoxy) is 1. The first kappa shape index (κ1) is 17.1. The number of benzene rings is 2. The molecule has 0 aliphatic carbocycles. The molecule has 0 aliphatic rings. The third-order valence-electron chi connectivity index (χ3n) is 4.40. The van der Waals surface area contributed by atoms with Crippen LogP contribution in [0.5, 0.6) is 5.75 Å². The number of hydrogen-bond donors (Lipinski definition) is 2. The first-order chi connectivity index (χ1) is 12.3. The molecule has 0 fully saturated rings. The van der Waals surface area contributed by atoms with E-state index in [9.17, 15) is 4.79 Å². The summed E-state index contributed by atoms with van der Waals surface area (Å²) in [6.07, 6.45) is 5.19. The van der Waals surface area contributed by atoms with Gasteiger partial charge in [0.1, 0.15) is 5.75 Å². The first-order valence-corrected chi connectivity index (χ1v) is 8.71. The van der Waals surface area contributed by atoms with E-state index in [1.807, 2.05) is 42.6 Å². The van der Waals surface area contributed by atoms with Crippen molar-refractivity contribution >= 4 is 16.8 Å². The van der Waals surface area contributed by atoms with Crippen molar-refractivity contribution in [2.45, 2.75) is 25.7 Å². The van der Waals surface area contributed by atoms with E-state index in [4.69, 9.17) is 4.74 Å². The van der Waals surface area contributed by atoms with E-state index in [1.165, 1.54) is 11.1 Å². The molecular weight excluding hydrogens is 312 g/mol. The van der Waals surface area contributed by atoms with Crippen LogP contribution in [0.3, 0.4) is 0 Å². The maximum Gasteiger partial charge on any atom is 0.220 e. The number of H-pyrrole nitrogens is 1. The van der Waals surface area contributed by atoms with E-state index in [0.29, 0.717) is 13.0 Å². The molecule has 0 saturated carbocycles. The van der Waals surface area contributed by atoms with Crippen molar-refractivity contribution in [3.63, 3.8) is 0 Å². The van der Waals surface area contributed by atoms with Crippen molar-refractivity contribution in [1.29, 1.82) is 0 Å². The first-order valence-electron chi connectivity index (χ1n) is 8.71. The van der Waals surface area contributed by atoms with Gasteiger partial charge in [0.2, 0.25) is 5.91 Å². The van der Waals surface area contributed by atoms with Gasteiger partial charge in [-0.05, 0) is 48.6 Å². The largest absolute Gasteiger partial charge is 0.497 e. The van der Waals surface area contributed by atoms with E-state index in [1.54, 1.807) is 7.11 Å². The van der Waals surface area contributed by atoms with Crippen molar-refractivity contribution in [1.82, 2.24) is 10.3 Å². The Kier molecular flexibility index (Phi) is 5.73. The molecule has 0 bridgehead atoms. The monoisotopic (exact) mass is 336 g/mol. The number of methoxy groups -OCH3 is 1. The van der Waals surface area contributed by atoms with E-state index in [-0.39, 0.29) is 5.91 Å². The Balaban J connectivity index is 1.44. The van der Waals surface area contributed by atoms with E-state index in [0.717, 1.165) is 35.9 Å². The van der Waals surface area contributed by atoms with Gasteiger partial charge in [-0.3, -0.25) is 4.79 Å². The van der Waals surface area contributed by atoms with Crippen LogP contribution in [0.25, 0.3) is 10.9 Å². The van der Waals surface area contributed by atoms with Crippen LogP contribution in [0.1, 0.15) is 24.0 Å². The number of aromatic nitrogens is 1. The van der Waals surface area contributed by atoms with Crippen LogP contribution in [0, 0.1) is 0 Å². The summed E-state index contributed by atoms with van der Waals surface area (Å²) in [5.74, 6) is 0.964. The fraction of sp³-hybridized carbons (Fsp3) is 0.286. The van der Waals surface area contributed by atoms with Crippen molar-refractivity contribution in [3.05, 3.63) is 65.9 Å². The van der Waals surface area contributed by atoms with Crippen LogP contribution in [-0.4, -0.2) is 24.5 Å². The molecule has 0 saturated heterocycles. The highest BCUT2D eigenvalue weighted by molar-refractivity contribution is 5.84. The molecule has 0 aliphatic heterocycles. The molecule has 3 rings (SSSR count). The highest BCUT2D eigenvalue weighted by atomic mass is 16.5. The molecule has 0 spiro atoms. The molecule has 0 unspecified atom stereocenters. The maximum atomic E-state index is 12.0. The molecule has 2 aromatic carbocycles. The molecule has 2 N–H and O–H groups in total. The number of carbonyl (C=O) groups is 1. The van der Waals surface area contributed by atoms with Crippen LogP contribution in [0.2, 0.25) is 0 Å². The number of aryl methyl sites for hydroxylation is 1. The van der Waals surface area contributed by atoms with E-state index in [2.05, 4.69) is 22.4 Å². The van der Waals surface area contributed by atoms with Crippen molar-refractivity contribution in [3.8, 4) is 5.75 Å². The summed E-state index contributed by atoms with van der Waals surface area (Å²) >= 11 is 0. The minimum absolute atomic E-state index is 0.119. The predicted molar refractivity (Wildman–Crippen MR) is 101 cm³/mol. The van der Waals surface area contributed by atoms with Gasteiger partial charge in [0, 0.05) is 30.1 Å². The summed E-state index contributed by atoms with van der Waals surface area (Å²) < 4.78 is 5.29. The number of hydrogen-bond acceptors (Lipinski definition) is 2. The summed E-state index contributed by atoms with van der Waals surface area (Å²) in [5.41, 5.74) is 3.56. The standard InChI is InChI=1S/C21H24N2O2/c1-25-18-10-11-20-19(14-18)17(15-23-20)12-13-22-21(24)9-5-8-16-6-3-2-4-7-16/h2-4,6-7,10-11,14-15,23H,5,8-9,12-13H2,1H3,(H,22,24). The van der Waals surface area contributed by atoms with Crippen LogP contribution in [0.15, 0.2) is 54.7 Å². The minimum Gasteiger partial charge on any atom is -0.497 e. The SMILES string of the molecule is COc1ccc2[nH]cc(CCNC(=O)CCCc3ccccc3)c2c1. The summed E-state index contributed by atoms with van der Waals surface area (Å²) in [6.45, 7) is 0.647. The average Bonchev–Trinajstić information content (AvgIpc) is 3.05. The highest BCUT2D eigenvalue weighted by Crippen LogP contribution is 2.23. The number of fused-ring (bicyclic) bond motifs is 1. The van der Waals surface area contributed by atoms with Crippen LogP contribution >= 0.6 is 0 Å². The lowest BCUT2D eigenvalue weighted by atomic mass is 10.1. The Labute approximate surface area is 148 Å². The lowest BCUT2D eigenvalue weighted by Gasteiger charge is -2.06. The van der Waals surface area contributed by atoms with E-state index < -0.39 is 0 Å². The molecule has 1 heterocycles. The Morgan fingerprint density at radius 2 is 1.96 bits per heavy atom. The molecule has 4 heteroatoms. The third-order valence-corrected chi connectivity index (χ3v) is 4.40. The molecule has 0 atom stereocenters. The summed E-state index contributed by atoms with van der Waals surface area (Å²) in [5, 5.41) is 4.17. The third kappa shape index (κ3) is 4.63. The molecule has 4 nitrogen and oxygen atoms in total. The van der Waals surface area contributed by atoms with Crippen LogP contribution < -0.4 is 10.1 Å². The molecule has 130 valence electrons. The van der Waals surface area contributed by atoms with Crippen LogP contribution in [0.4, 0.5) is 0 Å². The van der Waals surface area contributed by atoms with Gasteiger partial charge >= 0.3 is 0 Å². The number of aromatic amines is 1. The van der Waals surface area contributed by atoms with Gasteiger partial charge in [0.15, 0.2) is 0 Å². The highest BCUT2D eigenvalue weighted by Gasteiger charge is 2.06. The van der Waals surface area contributed by atoms with Crippen LogP contribution in [-0.2, 0) is 17.6 Å². The lowest BCUT2D eigenvalue weighted by Crippen LogP contribution is -2.25. The summed E-state index contributed by atoms with van der Waals surface area (Å²) in [4.78, 5) is 15.2. The van der Waals surface area contributed by atoms with Gasteiger partial charge in [-0.1, -0.05) is 30.3 Å². The predicted octanol–water partition coefficient (Wildman–Crippen LogP) is 3.86. The smallest absolute Gasteiger partial charge is 0.220 e. The van der Waals surface area contributed by atoms with Crippen molar-refractivity contribution in [2.75, 3.05) is 13.7 Å². The minimum atomic E-state index is 0.119. The fourth-order valence-electron chi connectivity index (χ4n) is 3.01. The lowest BCUT2D eigenvalue weighted by molar-refractivity contribution is -0.121.